The molecule has 3 rings (SSSR count). The Kier molecular flexibility index (Phi) is 5.97. The Morgan fingerprint density at radius 1 is 1.30 bits per heavy atom. The third kappa shape index (κ3) is 4.58. The number of aliphatic imine (C=N–C) groups is 1. The fourth-order valence-corrected chi connectivity index (χ4v) is 3.20. The number of rotatable bonds is 6. The molecule has 2 heterocycles. The molecule has 0 aliphatic carbocycles. The molecule has 0 spiro atoms. The van der Waals surface area contributed by atoms with Crippen LogP contribution in [0, 0.1) is 5.92 Å². The summed E-state index contributed by atoms with van der Waals surface area (Å²) >= 11 is 0. The molecule has 4 atom stereocenters. The Labute approximate surface area is 161 Å². The van der Waals surface area contributed by atoms with E-state index >= 15 is 0 Å². The first-order valence-corrected chi connectivity index (χ1v) is 9.50. The maximum absolute atomic E-state index is 12.3. The molecule has 1 amide bonds. The van der Waals surface area contributed by atoms with E-state index in [1.165, 1.54) is 6.33 Å². The second kappa shape index (κ2) is 8.40. The summed E-state index contributed by atoms with van der Waals surface area (Å²) in [5, 5.41) is 4.07. The molecule has 3 N–H and O–H groups in total. The van der Waals surface area contributed by atoms with Gasteiger partial charge in [0.2, 0.25) is 0 Å². The zero-order valence-corrected chi connectivity index (χ0v) is 16.6. The van der Waals surface area contributed by atoms with Gasteiger partial charge in [0.05, 0.1) is 17.3 Å². The lowest BCUT2D eigenvalue weighted by Gasteiger charge is -2.15. The van der Waals surface area contributed by atoms with Crippen LogP contribution >= 0.6 is 9.24 Å². The molecule has 1 aromatic heterocycles. The molecule has 0 radical (unpaired) electrons. The van der Waals surface area contributed by atoms with Crippen molar-refractivity contribution in [3.05, 3.63) is 59.6 Å². The molecular weight excluding hydrogens is 357 g/mol. The van der Waals surface area contributed by atoms with Crippen LogP contribution in [-0.4, -0.2) is 28.1 Å². The van der Waals surface area contributed by atoms with Gasteiger partial charge in [0.1, 0.15) is 12.1 Å². The number of amides is 1. The van der Waals surface area contributed by atoms with Gasteiger partial charge in [-0.2, -0.15) is 0 Å². The van der Waals surface area contributed by atoms with Crippen molar-refractivity contribution in [2.24, 2.45) is 10.9 Å². The minimum absolute atomic E-state index is 0.0361. The molecule has 1 aromatic carbocycles. The molecule has 0 saturated carbocycles. The normalized spacial score (nSPS) is 17.7. The minimum Gasteiger partial charge on any atom is -0.383 e. The highest BCUT2D eigenvalue weighted by Gasteiger charge is 2.26. The number of carbonyl (C=O) groups excluding carboxylic acids is 1. The van der Waals surface area contributed by atoms with Gasteiger partial charge in [0, 0.05) is 23.7 Å². The summed E-state index contributed by atoms with van der Waals surface area (Å²) in [5.74, 6) is 0.582. The predicted molar refractivity (Wildman–Crippen MR) is 112 cm³/mol. The fourth-order valence-electron chi connectivity index (χ4n) is 3.00. The van der Waals surface area contributed by atoms with Gasteiger partial charge in [-0.15, -0.1) is 9.24 Å². The lowest BCUT2D eigenvalue weighted by Crippen LogP contribution is -2.32. The van der Waals surface area contributed by atoms with Crippen molar-refractivity contribution in [1.29, 1.82) is 0 Å². The van der Waals surface area contributed by atoms with E-state index in [-0.39, 0.29) is 23.9 Å². The van der Waals surface area contributed by atoms with Gasteiger partial charge < -0.3 is 11.1 Å². The Morgan fingerprint density at radius 2 is 2.04 bits per heavy atom. The maximum atomic E-state index is 12.3. The van der Waals surface area contributed by atoms with Crippen LogP contribution in [0.3, 0.4) is 0 Å². The summed E-state index contributed by atoms with van der Waals surface area (Å²) in [6.07, 6.45) is 8.17. The highest BCUT2D eigenvalue weighted by molar-refractivity contribution is 7.27. The molecule has 4 unspecified atom stereocenters. The molecule has 7 heteroatoms. The van der Waals surface area contributed by atoms with Crippen LogP contribution in [0.15, 0.2) is 47.7 Å². The number of aromatic nitrogens is 2. The van der Waals surface area contributed by atoms with Gasteiger partial charge >= 0.3 is 0 Å². The molecule has 0 bridgehead atoms. The topological polar surface area (TPSA) is 93.3 Å². The Bertz CT molecular complexity index is 878. The number of nitrogen functional groups attached to an aromatic ring is 1. The van der Waals surface area contributed by atoms with E-state index in [4.69, 9.17) is 5.73 Å². The van der Waals surface area contributed by atoms with E-state index in [0.29, 0.717) is 11.4 Å². The zero-order chi connectivity index (χ0) is 19.4. The number of benzene rings is 1. The molecule has 0 saturated heterocycles. The standard InChI is InChI=1S/C20H24N5OP/c1-12(17-18-16(10-22-17)19(21)24-11-23-18)4-3-5-13(2)25-20(26)14-6-8-15(27)9-7-14/h3-4,6-13,17H,5,27H2,1-2H3,(H,25,26)(H2,21,23,24)/b4-3-. The SMILES string of the molecule is CC(C/C=C\C(C)C1N=Cc2c(N)ncnc21)NC(=O)c1ccc(P)cc1. The molecule has 0 fully saturated rings. The minimum atomic E-state index is -0.0598. The summed E-state index contributed by atoms with van der Waals surface area (Å²) in [6, 6.07) is 7.45. The van der Waals surface area contributed by atoms with Crippen molar-refractivity contribution in [3.63, 3.8) is 0 Å². The summed E-state index contributed by atoms with van der Waals surface area (Å²) in [6.45, 7) is 4.09. The molecule has 1 aliphatic heterocycles. The van der Waals surface area contributed by atoms with Crippen molar-refractivity contribution < 1.29 is 4.79 Å². The molecule has 1 aliphatic rings. The number of carbonyl (C=O) groups is 1. The Morgan fingerprint density at radius 3 is 2.78 bits per heavy atom. The van der Waals surface area contributed by atoms with Crippen LogP contribution in [0.25, 0.3) is 0 Å². The van der Waals surface area contributed by atoms with Crippen molar-refractivity contribution in [2.45, 2.75) is 32.4 Å². The van der Waals surface area contributed by atoms with E-state index in [9.17, 15) is 4.79 Å². The number of hydrogen-bond donors (Lipinski definition) is 2. The van der Waals surface area contributed by atoms with Crippen LogP contribution in [0.1, 0.15) is 47.9 Å². The number of nitrogens with two attached hydrogens (primary N) is 1. The van der Waals surface area contributed by atoms with Crippen LogP contribution in [0.2, 0.25) is 0 Å². The average Bonchev–Trinajstić information content (AvgIpc) is 3.07. The monoisotopic (exact) mass is 381 g/mol. The van der Waals surface area contributed by atoms with Crippen LogP contribution < -0.4 is 16.4 Å². The first kappa shape index (κ1) is 19.2. The lowest BCUT2D eigenvalue weighted by atomic mass is 9.97. The summed E-state index contributed by atoms with van der Waals surface area (Å²) in [7, 11) is 2.61. The quantitative estimate of drug-likeness (QED) is 0.594. The number of hydrogen-bond acceptors (Lipinski definition) is 5. The first-order valence-electron chi connectivity index (χ1n) is 8.92. The lowest BCUT2D eigenvalue weighted by molar-refractivity contribution is 0.0940. The Hall–Kier alpha value is -2.59. The van der Waals surface area contributed by atoms with Crippen molar-refractivity contribution in [2.75, 3.05) is 5.73 Å². The Balaban J connectivity index is 1.53. The molecule has 2 aromatic rings. The first-order chi connectivity index (χ1) is 13.0. The van der Waals surface area contributed by atoms with Gasteiger partial charge in [-0.25, -0.2) is 9.97 Å². The van der Waals surface area contributed by atoms with E-state index in [2.05, 4.69) is 48.6 Å². The molecule has 27 heavy (non-hydrogen) atoms. The summed E-state index contributed by atoms with van der Waals surface area (Å²) in [4.78, 5) is 25.1. The zero-order valence-electron chi connectivity index (χ0n) is 15.5. The third-order valence-electron chi connectivity index (χ3n) is 4.57. The number of nitrogens with one attached hydrogen (secondary N) is 1. The van der Waals surface area contributed by atoms with Crippen LogP contribution in [0.4, 0.5) is 5.82 Å². The second-order valence-corrected chi connectivity index (χ2v) is 7.47. The largest absolute Gasteiger partial charge is 0.383 e. The van der Waals surface area contributed by atoms with Gasteiger partial charge in [0.15, 0.2) is 0 Å². The van der Waals surface area contributed by atoms with Crippen LogP contribution in [-0.2, 0) is 0 Å². The van der Waals surface area contributed by atoms with E-state index < -0.39 is 0 Å². The van der Waals surface area contributed by atoms with Gasteiger partial charge in [0.25, 0.3) is 5.91 Å². The van der Waals surface area contributed by atoms with E-state index in [1.54, 1.807) is 6.21 Å². The van der Waals surface area contributed by atoms with Gasteiger partial charge in [-0.05, 0) is 30.8 Å². The smallest absolute Gasteiger partial charge is 0.251 e. The predicted octanol–water partition coefficient (Wildman–Crippen LogP) is 2.43. The fraction of sp³-hybridized carbons (Fsp3) is 0.300. The van der Waals surface area contributed by atoms with Gasteiger partial charge in [-0.3, -0.25) is 9.79 Å². The molecule has 6 nitrogen and oxygen atoms in total. The highest BCUT2D eigenvalue weighted by Crippen LogP contribution is 2.33. The van der Waals surface area contributed by atoms with E-state index in [0.717, 1.165) is 23.0 Å². The summed E-state index contributed by atoms with van der Waals surface area (Å²) in [5.41, 5.74) is 8.23. The van der Waals surface area contributed by atoms with E-state index in [1.807, 2.05) is 31.2 Å². The number of anilines is 1. The van der Waals surface area contributed by atoms with Gasteiger partial charge in [-0.1, -0.05) is 31.2 Å². The third-order valence-corrected chi connectivity index (χ3v) is 4.95. The van der Waals surface area contributed by atoms with Crippen molar-refractivity contribution in [3.8, 4) is 0 Å². The molecular formula is C20H24N5OP. The summed E-state index contributed by atoms with van der Waals surface area (Å²) < 4.78 is 0. The second-order valence-electron chi connectivity index (χ2n) is 6.80. The molecule has 140 valence electrons. The number of nitrogens with zero attached hydrogens (tertiary/aromatic N) is 3. The van der Waals surface area contributed by atoms with Crippen LogP contribution in [0.5, 0.6) is 0 Å². The maximum Gasteiger partial charge on any atom is 0.251 e. The average molecular weight is 381 g/mol. The number of fused-ring (bicyclic) bond motifs is 1. The highest BCUT2D eigenvalue weighted by atomic mass is 31.0. The van der Waals surface area contributed by atoms with Crippen molar-refractivity contribution in [1.82, 2.24) is 15.3 Å². The van der Waals surface area contributed by atoms with Crippen molar-refractivity contribution >= 4 is 32.5 Å².